The number of aliphatic hydroxyl groups is 1. The molecule has 0 saturated carbocycles. The van der Waals surface area contributed by atoms with Gasteiger partial charge in [-0.1, -0.05) is 20.3 Å². The zero-order valence-electron chi connectivity index (χ0n) is 24.9. The fourth-order valence-corrected chi connectivity index (χ4v) is 3.38. The Morgan fingerprint density at radius 1 is 0.976 bits per heavy atom. The first-order valence-electron chi connectivity index (χ1n) is 13.3. The summed E-state index contributed by atoms with van der Waals surface area (Å²) in [6.45, 7) is 7.33. The number of hydrogen-bond acceptors (Lipinski definition) is 13. The van der Waals surface area contributed by atoms with Gasteiger partial charge in [0, 0.05) is 46.0 Å². The first kappa shape index (κ1) is 44.3. The Morgan fingerprint density at radius 3 is 2.10 bits per heavy atom. The first-order chi connectivity index (χ1) is 19.6. The summed E-state index contributed by atoms with van der Waals surface area (Å²) < 4.78 is 29.9. The SMILES string of the molecule is CC.CNC(C)=O.CO[P+](O)(O)OCCOCCOCCOP(O)OCC(CO)CCCCNC(=O)CCNC=O. The second-order valence-electron chi connectivity index (χ2n) is 7.62. The minimum Gasteiger partial charge on any atom is -0.396 e. The van der Waals surface area contributed by atoms with E-state index in [0.717, 1.165) is 20.0 Å². The molecule has 0 aliphatic rings. The molecule has 0 radical (unpaired) electrons. The van der Waals surface area contributed by atoms with Gasteiger partial charge in [-0.3, -0.25) is 14.4 Å². The maximum absolute atomic E-state index is 11.5. The molecule has 0 aromatic rings. The third kappa shape index (κ3) is 36.8. The molecule has 41 heavy (non-hydrogen) atoms. The van der Waals surface area contributed by atoms with Gasteiger partial charge in [0.15, 0.2) is 0 Å². The number of aliphatic hydroxyl groups excluding tert-OH is 1. The van der Waals surface area contributed by atoms with Crippen molar-refractivity contribution in [2.75, 3.05) is 80.1 Å². The topological polar surface area (TPSA) is 224 Å². The fraction of sp³-hybridized carbons (Fsp3) is 0.870. The van der Waals surface area contributed by atoms with Crippen LogP contribution in [0.4, 0.5) is 0 Å². The van der Waals surface area contributed by atoms with Gasteiger partial charge in [-0.2, -0.15) is 18.8 Å². The number of hydrogen-bond donors (Lipinski definition) is 7. The van der Waals surface area contributed by atoms with Crippen molar-refractivity contribution in [3.63, 3.8) is 0 Å². The van der Waals surface area contributed by atoms with E-state index in [4.69, 9.17) is 28.3 Å². The Balaban J connectivity index is -0.00000184. The van der Waals surface area contributed by atoms with Crippen LogP contribution in [0.25, 0.3) is 0 Å². The zero-order valence-corrected chi connectivity index (χ0v) is 26.7. The molecule has 0 saturated heterocycles. The lowest BCUT2D eigenvalue weighted by Gasteiger charge is -2.16. The predicted molar refractivity (Wildman–Crippen MR) is 154 cm³/mol. The van der Waals surface area contributed by atoms with Gasteiger partial charge in [-0.05, 0) is 12.8 Å². The van der Waals surface area contributed by atoms with Gasteiger partial charge in [-0.25, -0.2) is 0 Å². The molecule has 0 aromatic heterocycles. The summed E-state index contributed by atoms with van der Waals surface area (Å²) in [6.07, 6.45) is 2.95. The number of rotatable bonds is 25. The molecule has 3 amide bonds. The van der Waals surface area contributed by atoms with Crippen molar-refractivity contribution in [3.05, 3.63) is 0 Å². The molecule has 18 heteroatoms. The van der Waals surface area contributed by atoms with Crippen molar-refractivity contribution >= 4 is 35.0 Å². The highest BCUT2D eigenvalue weighted by atomic mass is 31.2. The van der Waals surface area contributed by atoms with E-state index in [1.165, 1.54) is 6.92 Å². The highest BCUT2D eigenvalue weighted by Crippen LogP contribution is 2.51. The average molecular weight is 641 g/mol. The van der Waals surface area contributed by atoms with Crippen LogP contribution in [0.2, 0.25) is 0 Å². The van der Waals surface area contributed by atoms with Gasteiger partial charge in [0.1, 0.15) is 6.61 Å². The normalized spacial score (nSPS) is 12.1. The maximum atomic E-state index is 11.5. The van der Waals surface area contributed by atoms with Crippen molar-refractivity contribution in [2.24, 2.45) is 5.92 Å². The lowest BCUT2D eigenvalue weighted by atomic mass is 10.0. The number of carbonyl (C=O) groups is 3. The van der Waals surface area contributed by atoms with Gasteiger partial charge in [0.25, 0.3) is 0 Å². The third-order valence-corrected chi connectivity index (χ3v) is 6.27. The molecule has 0 aliphatic carbocycles. The monoisotopic (exact) mass is 640 g/mol. The summed E-state index contributed by atoms with van der Waals surface area (Å²) in [6, 6.07) is 0. The van der Waals surface area contributed by atoms with E-state index < -0.39 is 16.8 Å². The van der Waals surface area contributed by atoms with Gasteiger partial charge in [0.05, 0.1) is 46.8 Å². The molecule has 2 unspecified atom stereocenters. The number of amides is 3. The first-order valence-corrected chi connectivity index (χ1v) is 16.0. The van der Waals surface area contributed by atoms with Crippen LogP contribution in [0.3, 0.4) is 0 Å². The molecule has 2 atom stereocenters. The van der Waals surface area contributed by atoms with Crippen LogP contribution in [0.1, 0.15) is 46.5 Å². The molecule has 0 fully saturated rings. The van der Waals surface area contributed by atoms with E-state index in [1.54, 1.807) is 7.05 Å². The summed E-state index contributed by atoms with van der Waals surface area (Å²) in [7, 11) is -3.09. The van der Waals surface area contributed by atoms with E-state index in [1.807, 2.05) is 13.8 Å². The maximum Gasteiger partial charge on any atom is 0.569 e. The van der Waals surface area contributed by atoms with Crippen LogP contribution in [0, 0.1) is 5.92 Å². The largest absolute Gasteiger partial charge is 0.569 e. The standard InChI is InChI=1S/C18H38N2O12P2.C3H7NO.C2H6/c1-27-34(25,26)32-13-11-29-9-8-28-10-12-30-33(24)31-15-17(14-21)4-2-3-6-20-18(23)5-7-19-16-22;1-3(5)4-2;1-2/h16-17,21,24-26H,2-15H2,1H3,(H-,19,20,22,23);1-2H3,(H,4,5);1-2H3/p+1. The van der Waals surface area contributed by atoms with E-state index in [2.05, 4.69) is 25.0 Å². The molecule has 246 valence electrons. The molecule has 7 N–H and O–H groups in total. The van der Waals surface area contributed by atoms with Crippen LogP contribution >= 0.6 is 16.8 Å². The molecule has 16 nitrogen and oxygen atoms in total. The van der Waals surface area contributed by atoms with Gasteiger partial charge < -0.3 is 44.5 Å². The lowest BCUT2D eigenvalue weighted by molar-refractivity contribution is -0.121. The van der Waals surface area contributed by atoms with Crippen molar-refractivity contribution in [1.29, 1.82) is 0 Å². The van der Waals surface area contributed by atoms with E-state index in [-0.39, 0.29) is 77.0 Å². The van der Waals surface area contributed by atoms with E-state index in [9.17, 15) is 24.4 Å². The minimum atomic E-state index is -3.73. The molecule has 0 aliphatic heterocycles. The number of ether oxygens (including phenoxy) is 2. The molecule has 0 rings (SSSR count). The average Bonchev–Trinajstić information content (AvgIpc) is 2.96. The summed E-state index contributed by atoms with van der Waals surface area (Å²) in [5.74, 6) is -0.283. The Hall–Kier alpha value is -1.13. The quantitative estimate of drug-likeness (QED) is 0.0408. The minimum absolute atomic E-state index is 0.00463. The summed E-state index contributed by atoms with van der Waals surface area (Å²) in [5, 5.41) is 17.0. The van der Waals surface area contributed by atoms with Crippen LogP contribution in [0.5, 0.6) is 0 Å². The zero-order chi connectivity index (χ0) is 31.8. The Morgan fingerprint density at radius 2 is 1.56 bits per heavy atom. The summed E-state index contributed by atoms with van der Waals surface area (Å²) in [4.78, 5) is 59.3. The smallest absolute Gasteiger partial charge is 0.396 e. The number of carbonyl (C=O) groups excluding carboxylic acids is 3. The number of unbranched alkanes of at least 4 members (excludes halogenated alkanes) is 1. The second kappa shape index (κ2) is 33.4. The Bertz CT molecular complexity index is 611. The highest BCUT2D eigenvalue weighted by Gasteiger charge is 2.37. The summed E-state index contributed by atoms with van der Waals surface area (Å²) in [5.41, 5.74) is 0. The molecule has 0 bridgehead atoms. The van der Waals surface area contributed by atoms with Gasteiger partial charge in [0.2, 0.25) is 18.2 Å². The molecular weight excluding hydrogens is 588 g/mol. The third-order valence-electron chi connectivity index (χ3n) is 4.50. The van der Waals surface area contributed by atoms with Crippen molar-refractivity contribution in [3.8, 4) is 0 Å². The second-order valence-corrected chi connectivity index (χ2v) is 10.2. The molecular formula is C23H52N3O13P2+. The fourth-order valence-electron chi connectivity index (χ4n) is 2.32. The van der Waals surface area contributed by atoms with Crippen LogP contribution in [-0.4, -0.2) is 118 Å². The van der Waals surface area contributed by atoms with Gasteiger partial charge >= 0.3 is 16.8 Å². The highest BCUT2D eigenvalue weighted by molar-refractivity contribution is 7.54. The van der Waals surface area contributed by atoms with Crippen LogP contribution in [0.15, 0.2) is 0 Å². The molecule has 0 aromatic carbocycles. The summed E-state index contributed by atoms with van der Waals surface area (Å²) >= 11 is 0. The Labute approximate surface area is 245 Å². The van der Waals surface area contributed by atoms with Crippen molar-refractivity contribution in [1.82, 2.24) is 16.0 Å². The predicted octanol–water partition coefficient (Wildman–Crippen LogP) is 0.407. The number of nitrogens with one attached hydrogen (secondary N) is 3. The Kier molecular flexibility index (Phi) is 36.1. The van der Waals surface area contributed by atoms with Crippen LogP contribution < -0.4 is 16.0 Å². The van der Waals surface area contributed by atoms with Crippen molar-refractivity contribution in [2.45, 2.75) is 46.5 Å². The van der Waals surface area contributed by atoms with Crippen LogP contribution in [-0.2, 0) is 42.0 Å². The van der Waals surface area contributed by atoms with E-state index in [0.29, 0.717) is 25.9 Å². The van der Waals surface area contributed by atoms with Gasteiger partial charge in [-0.15, -0.1) is 0 Å². The molecule has 0 spiro atoms. The lowest BCUT2D eigenvalue weighted by Crippen LogP contribution is -2.28. The van der Waals surface area contributed by atoms with Crippen molar-refractivity contribution < 1.29 is 61.7 Å². The van der Waals surface area contributed by atoms with E-state index >= 15 is 0 Å². The molecule has 0 heterocycles.